The first-order chi connectivity index (χ1) is 12.0. The summed E-state index contributed by atoms with van der Waals surface area (Å²) >= 11 is 2.81. The molecule has 4 nitrogen and oxygen atoms in total. The van der Waals surface area contributed by atoms with E-state index in [0.717, 1.165) is 32.8 Å². The summed E-state index contributed by atoms with van der Waals surface area (Å²) in [4.78, 5) is 16.3. The molecule has 3 rings (SSSR count). The van der Waals surface area contributed by atoms with Crippen molar-refractivity contribution in [2.75, 3.05) is 5.75 Å². The Kier molecular flexibility index (Phi) is 5.40. The minimum Gasteiger partial charge on any atom is -0.272 e. The van der Waals surface area contributed by atoms with Gasteiger partial charge in [0.05, 0.1) is 21.7 Å². The molecule has 0 bridgehead atoms. The third kappa shape index (κ3) is 4.40. The SMILES string of the molecule is C/C(=N/NC(=O)CSc1nc2ccccc2s1)c1cc(F)ccc1F. The maximum absolute atomic E-state index is 13.6. The lowest BCUT2D eigenvalue weighted by molar-refractivity contribution is -0.118. The van der Waals surface area contributed by atoms with Gasteiger partial charge in [-0.2, -0.15) is 5.10 Å². The summed E-state index contributed by atoms with van der Waals surface area (Å²) in [7, 11) is 0. The number of nitrogens with zero attached hydrogens (tertiary/aromatic N) is 2. The Bertz CT molecular complexity index is 923. The van der Waals surface area contributed by atoms with Crippen LogP contribution in [0.5, 0.6) is 0 Å². The van der Waals surface area contributed by atoms with Gasteiger partial charge in [-0.3, -0.25) is 4.79 Å². The van der Waals surface area contributed by atoms with E-state index in [1.54, 1.807) is 0 Å². The molecule has 0 aliphatic rings. The average Bonchev–Trinajstić information content (AvgIpc) is 3.03. The number of thiazole rings is 1. The highest BCUT2D eigenvalue weighted by Crippen LogP contribution is 2.28. The van der Waals surface area contributed by atoms with E-state index in [2.05, 4.69) is 15.5 Å². The molecule has 0 saturated carbocycles. The molecule has 1 aromatic heterocycles. The zero-order valence-corrected chi connectivity index (χ0v) is 14.8. The number of nitrogens with one attached hydrogen (secondary N) is 1. The first-order valence-electron chi connectivity index (χ1n) is 7.30. The Balaban J connectivity index is 1.59. The molecular formula is C17H13F2N3OS2. The largest absolute Gasteiger partial charge is 0.272 e. The van der Waals surface area contributed by atoms with Gasteiger partial charge in [-0.05, 0) is 37.3 Å². The minimum absolute atomic E-state index is 0.0131. The number of halogens is 2. The van der Waals surface area contributed by atoms with Gasteiger partial charge in [0.2, 0.25) is 0 Å². The molecular weight excluding hydrogens is 364 g/mol. The predicted octanol–water partition coefficient (Wildman–Crippen LogP) is 4.21. The predicted molar refractivity (Wildman–Crippen MR) is 97.1 cm³/mol. The first-order valence-corrected chi connectivity index (χ1v) is 9.10. The van der Waals surface area contributed by atoms with Crippen molar-refractivity contribution in [1.82, 2.24) is 10.4 Å². The van der Waals surface area contributed by atoms with Gasteiger partial charge in [-0.25, -0.2) is 19.2 Å². The topological polar surface area (TPSA) is 54.4 Å². The number of fused-ring (bicyclic) bond motifs is 1. The van der Waals surface area contributed by atoms with Crippen LogP contribution in [0.15, 0.2) is 51.9 Å². The smallest absolute Gasteiger partial charge is 0.250 e. The number of carbonyl (C=O) groups is 1. The second kappa shape index (κ2) is 7.71. The van der Waals surface area contributed by atoms with Crippen LogP contribution in [-0.4, -0.2) is 22.4 Å². The number of hydrazone groups is 1. The van der Waals surface area contributed by atoms with Crippen molar-refractivity contribution >= 4 is 44.9 Å². The third-order valence-electron chi connectivity index (χ3n) is 3.27. The second-order valence-electron chi connectivity index (χ2n) is 5.09. The number of para-hydroxylation sites is 1. The molecule has 8 heteroatoms. The van der Waals surface area contributed by atoms with Crippen LogP contribution in [0.3, 0.4) is 0 Å². The molecule has 0 spiro atoms. The Morgan fingerprint density at radius 1 is 1.28 bits per heavy atom. The lowest BCUT2D eigenvalue weighted by Gasteiger charge is -2.04. The number of rotatable bonds is 5. The average molecular weight is 377 g/mol. The monoisotopic (exact) mass is 377 g/mol. The van der Waals surface area contributed by atoms with Crippen LogP contribution in [0.4, 0.5) is 8.78 Å². The van der Waals surface area contributed by atoms with E-state index in [9.17, 15) is 13.6 Å². The van der Waals surface area contributed by atoms with Crippen molar-refractivity contribution < 1.29 is 13.6 Å². The lowest BCUT2D eigenvalue weighted by atomic mass is 10.1. The Labute approximate surface area is 151 Å². The minimum atomic E-state index is -0.597. The molecule has 1 heterocycles. The number of benzene rings is 2. The fourth-order valence-corrected chi connectivity index (χ4v) is 3.91. The van der Waals surface area contributed by atoms with Crippen molar-refractivity contribution in [1.29, 1.82) is 0 Å². The van der Waals surface area contributed by atoms with Crippen LogP contribution in [0.25, 0.3) is 10.2 Å². The maximum atomic E-state index is 13.6. The number of thioether (sulfide) groups is 1. The molecule has 25 heavy (non-hydrogen) atoms. The molecule has 0 aliphatic carbocycles. The lowest BCUT2D eigenvalue weighted by Crippen LogP contribution is -2.21. The van der Waals surface area contributed by atoms with Gasteiger partial charge in [0, 0.05) is 5.56 Å². The quantitative estimate of drug-likeness (QED) is 0.412. The summed E-state index contributed by atoms with van der Waals surface area (Å²) < 4.78 is 28.7. The van der Waals surface area contributed by atoms with Gasteiger partial charge >= 0.3 is 0 Å². The Morgan fingerprint density at radius 3 is 2.88 bits per heavy atom. The highest BCUT2D eigenvalue weighted by Gasteiger charge is 2.09. The van der Waals surface area contributed by atoms with Gasteiger partial charge in [-0.1, -0.05) is 23.9 Å². The standard InChI is InChI=1S/C17H13F2N3OS2/c1-10(12-8-11(18)6-7-13(12)19)21-22-16(23)9-24-17-20-14-4-2-3-5-15(14)25-17/h2-8H,9H2,1H3,(H,22,23)/b21-10-. The number of amides is 1. The number of hydrogen-bond donors (Lipinski definition) is 1. The molecule has 0 atom stereocenters. The van der Waals surface area contributed by atoms with Gasteiger partial charge in [0.25, 0.3) is 5.91 Å². The van der Waals surface area contributed by atoms with Gasteiger partial charge in [0.15, 0.2) is 4.34 Å². The summed E-state index contributed by atoms with van der Waals surface area (Å²) in [5.74, 6) is -1.38. The summed E-state index contributed by atoms with van der Waals surface area (Å²) in [5, 5.41) is 3.83. The zero-order valence-electron chi connectivity index (χ0n) is 13.1. The van der Waals surface area contributed by atoms with E-state index in [0.29, 0.717) is 0 Å². The summed E-state index contributed by atoms with van der Waals surface area (Å²) in [6.45, 7) is 1.50. The molecule has 0 radical (unpaired) electrons. The van der Waals surface area contributed by atoms with Crippen molar-refractivity contribution in [2.24, 2.45) is 5.10 Å². The van der Waals surface area contributed by atoms with Crippen molar-refractivity contribution in [3.8, 4) is 0 Å². The molecule has 2 aromatic carbocycles. The highest BCUT2D eigenvalue weighted by atomic mass is 32.2. The van der Waals surface area contributed by atoms with E-state index in [1.165, 1.54) is 30.0 Å². The molecule has 1 amide bonds. The number of hydrogen-bond acceptors (Lipinski definition) is 5. The Morgan fingerprint density at radius 2 is 2.08 bits per heavy atom. The van der Waals surface area contributed by atoms with Crippen LogP contribution in [0.2, 0.25) is 0 Å². The molecule has 1 N–H and O–H groups in total. The maximum Gasteiger partial charge on any atom is 0.250 e. The molecule has 0 fully saturated rings. The third-order valence-corrected chi connectivity index (χ3v) is 5.45. The molecule has 0 unspecified atom stereocenters. The van der Waals surface area contributed by atoms with E-state index < -0.39 is 11.6 Å². The van der Waals surface area contributed by atoms with Crippen molar-refractivity contribution in [2.45, 2.75) is 11.3 Å². The van der Waals surface area contributed by atoms with Crippen LogP contribution >= 0.6 is 23.1 Å². The number of aromatic nitrogens is 1. The van der Waals surface area contributed by atoms with Crippen LogP contribution in [0.1, 0.15) is 12.5 Å². The summed E-state index contributed by atoms with van der Waals surface area (Å²) in [6.07, 6.45) is 0. The van der Waals surface area contributed by atoms with Crippen LogP contribution in [-0.2, 0) is 4.79 Å². The van der Waals surface area contributed by atoms with E-state index >= 15 is 0 Å². The first kappa shape index (κ1) is 17.5. The van der Waals surface area contributed by atoms with E-state index in [-0.39, 0.29) is 22.9 Å². The molecule has 3 aromatic rings. The van der Waals surface area contributed by atoms with Gasteiger partial charge in [-0.15, -0.1) is 11.3 Å². The van der Waals surface area contributed by atoms with E-state index in [1.807, 2.05) is 24.3 Å². The summed E-state index contributed by atoms with van der Waals surface area (Å²) in [5.41, 5.74) is 3.45. The van der Waals surface area contributed by atoms with Crippen molar-refractivity contribution in [3.63, 3.8) is 0 Å². The normalized spacial score (nSPS) is 11.7. The highest BCUT2D eigenvalue weighted by molar-refractivity contribution is 8.01. The molecule has 0 aliphatic heterocycles. The fourth-order valence-electron chi connectivity index (χ4n) is 2.05. The molecule has 0 saturated heterocycles. The second-order valence-corrected chi connectivity index (χ2v) is 7.35. The van der Waals surface area contributed by atoms with Gasteiger partial charge < -0.3 is 0 Å². The van der Waals surface area contributed by atoms with Crippen LogP contribution < -0.4 is 5.43 Å². The van der Waals surface area contributed by atoms with Crippen LogP contribution in [0, 0.1) is 11.6 Å². The van der Waals surface area contributed by atoms with Crippen molar-refractivity contribution in [3.05, 3.63) is 59.7 Å². The number of carbonyl (C=O) groups excluding carboxylic acids is 1. The summed E-state index contributed by atoms with van der Waals surface area (Å²) in [6, 6.07) is 10.8. The zero-order chi connectivity index (χ0) is 17.8. The Hall–Kier alpha value is -2.32. The molecule has 128 valence electrons. The van der Waals surface area contributed by atoms with Gasteiger partial charge in [0.1, 0.15) is 11.6 Å². The van der Waals surface area contributed by atoms with E-state index in [4.69, 9.17) is 0 Å². The fraction of sp³-hybridized carbons (Fsp3) is 0.118.